The van der Waals surface area contributed by atoms with Crippen molar-refractivity contribution < 1.29 is 19.4 Å². The predicted molar refractivity (Wildman–Crippen MR) is 64.8 cm³/mol. The minimum Gasteiger partial charge on any atom is -0.497 e. The summed E-state index contributed by atoms with van der Waals surface area (Å²) in [6, 6.07) is 7.01. The maximum atomic E-state index is 11.6. The molecule has 0 saturated heterocycles. The van der Waals surface area contributed by atoms with Gasteiger partial charge in [0.1, 0.15) is 18.0 Å². The van der Waals surface area contributed by atoms with Crippen LogP contribution in [0.1, 0.15) is 10.5 Å². The maximum Gasteiger partial charge on any atom is 0.322 e. The van der Waals surface area contributed by atoms with Gasteiger partial charge in [0.15, 0.2) is 0 Å². The molecule has 0 unspecified atom stereocenters. The van der Waals surface area contributed by atoms with Crippen molar-refractivity contribution in [2.24, 2.45) is 0 Å². The van der Waals surface area contributed by atoms with Gasteiger partial charge in [0.25, 0.3) is 5.91 Å². The third-order valence-electron chi connectivity index (χ3n) is 2.47. The number of benzene rings is 1. The summed E-state index contributed by atoms with van der Waals surface area (Å²) in [5.74, 6) is -0.840. The van der Waals surface area contributed by atoms with Crippen LogP contribution in [0.25, 0.3) is 10.9 Å². The number of hydrogen-bond acceptors (Lipinski definition) is 3. The van der Waals surface area contributed by atoms with E-state index in [1.807, 2.05) is 0 Å². The Morgan fingerprint density at radius 2 is 2.17 bits per heavy atom. The van der Waals surface area contributed by atoms with Crippen LogP contribution in [0.3, 0.4) is 0 Å². The molecule has 6 nitrogen and oxygen atoms in total. The van der Waals surface area contributed by atoms with Gasteiger partial charge in [-0.1, -0.05) is 0 Å². The SMILES string of the molecule is COc1ccc2[nH]c(C(=O)NCC(=O)O)cc2c1. The monoisotopic (exact) mass is 248 g/mol. The molecule has 0 radical (unpaired) electrons. The molecule has 1 heterocycles. The van der Waals surface area contributed by atoms with Crippen molar-refractivity contribution in [1.82, 2.24) is 10.3 Å². The number of rotatable bonds is 4. The van der Waals surface area contributed by atoms with Crippen molar-refractivity contribution in [2.75, 3.05) is 13.7 Å². The highest BCUT2D eigenvalue weighted by Crippen LogP contribution is 2.21. The molecule has 3 N–H and O–H groups in total. The summed E-state index contributed by atoms with van der Waals surface area (Å²) in [5, 5.41) is 11.6. The quantitative estimate of drug-likeness (QED) is 0.752. The number of aromatic nitrogens is 1. The minimum atomic E-state index is -1.08. The highest BCUT2D eigenvalue weighted by molar-refractivity contribution is 5.99. The zero-order valence-corrected chi connectivity index (χ0v) is 9.69. The molecule has 6 heteroatoms. The van der Waals surface area contributed by atoms with Crippen molar-refractivity contribution in [1.29, 1.82) is 0 Å². The maximum absolute atomic E-state index is 11.6. The molecule has 0 spiro atoms. The van der Waals surface area contributed by atoms with E-state index in [2.05, 4.69) is 10.3 Å². The van der Waals surface area contributed by atoms with E-state index in [1.165, 1.54) is 0 Å². The number of aliphatic carboxylic acids is 1. The first-order chi connectivity index (χ1) is 8.60. The molecule has 0 bridgehead atoms. The fraction of sp³-hybridized carbons (Fsp3) is 0.167. The van der Waals surface area contributed by atoms with Gasteiger partial charge < -0.3 is 20.1 Å². The summed E-state index contributed by atoms with van der Waals surface area (Å²) in [6.45, 7) is -0.405. The summed E-state index contributed by atoms with van der Waals surface area (Å²) in [4.78, 5) is 24.9. The van der Waals surface area contributed by atoms with E-state index >= 15 is 0 Å². The Balaban J connectivity index is 2.24. The second kappa shape index (κ2) is 4.79. The van der Waals surface area contributed by atoms with Gasteiger partial charge in [-0.2, -0.15) is 0 Å². The van der Waals surface area contributed by atoms with Crippen molar-refractivity contribution in [3.63, 3.8) is 0 Å². The molecule has 0 fully saturated rings. The first kappa shape index (κ1) is 12.0. The van der Waals surface area contributed by atoms with Gasteiger partial charge in [-0.25, -0.2) is 0 Å². The molecule has 0 atom stereocenters. The molecular weight excluding hydrogens is 236 g/mol. The standard InChI is InChI=1S/C12H12N2O4/c1-18-8-2-3-9-7(4-8)5-10(14-9)12(17)13-6-11(15)16/h2-5,14H,6H2,1H3,(H,13,17)(H,15,16). The van der Waals surface area contributed by atoms with Crippen LogP contribution in [-0.2, 0) is 4.79 Å². The van der Waals surface area contributed by atoms with Gasteiger partial charge in [0.2, 0.25) is 0 Å². The highest BCUT2D eigenvalue weighted by Gasteiger charge is 2.10. The smallest absolute Gasteiger partial charge is 0.322 e. The Bertz CT molecular complexity index is 603. The largest absolute Gasteiger partial charge is 0.497 e. The van der Waals surface area contributed by atoms with E-state index < -0.39 is 18.4 Å². The topological polar surface area (TPSA) is 91.4 Å². The van der Waals surface area contributed by atoms with E-state index in [0.717, 1.165) is 10.9 Å². The number of amides is 1. The number of aromatic amines is 1. The van der Waals surface area contributed by atoms with Gasteiger partial charge in [-0.15, -0.1) is 0 Å². The highest BCUT2D eigenvalue weighted by atomic mass is 16.5. The van der Waals surface area contributed by atoms with E-state index in [-0.39, 0.29) is 0 Å². The van der Waals surface area contributed by atoms with Gasteiger partial charge in [0, 0.05) is 10.9 Å². The van der Waals surface area contributed by atoms with Gasteiger partial charge in [0.05, 0.1) is 7.11 Å². The van der Waals surface area contributed by atoms with Crippen LogP contribution in [0.5, 0.6) is 5.75 Å². The first-order valence-electron chi connectivity index (χ1n) is 5.27. The summed E-state index contributed by atoms with van der Waals surface area (Å²) in [6.07, 6.45) is 0. The molecule has 1 amide bonds. The third kappa shape index (κ3) is 2.42. The molecule has 0 aliphatic rings. The van der Waals surface area contributed by atoms with Crippen molar-refractivity contribution in [3.8, 4) is 5.75 Å². The van der Waals surface area contributed by atoms with E-state index in [4.69, 9.17) is 9.84 Å². The van der Waals surface area contributed by atoms with E-state index in [0.29, 0.717) is 11.4 Å². The molecule has 2 rings (SSSR count). The van der Waals surface area contributed by atoms with Crippen LogP contribution in [0, 0.1) is 0 Å². The lowest BCUT2D eigenvalue weighted by Gasteiger charge is -1.98. The second-order valence-corrected chi connectivity index (χ2v) is 3.71. The fourth-order valence-electron chi connectivity index (χ4n) is 1.61. The van der Waals surface area contributed by atoms with Crippen LogP contribution in [-0.4, -0.2) is 35.6 Å². The normalized spacial score (nSPS) is 10.3. The van der Waals surface area contributed by atoms with Crippen LogP contribution in [0.2, 0.25) is 0 Å². The Morgan fingerprint density at radius 3 is 2.83 bits per heavy atom. The lowest BCUT2D eigenvalue weighted by Crippen LogP contribution is -2.29. The number of fused-ring (bicyclic) bond motifs is 1. The molecule has 1 aromatic heterocycles. The van der Waals surface area contributed by atoms with E-state index in [9.17, 15) is 9.59 Å². The van der Waals surface area contributed by atoms with Crippen molar-refractivity contribution in [2.45, 2.75) is 0 Å². The molecule has 1 aromatic carbocycles. The zero-order valence-electron chi connectivity index (χ0n) is 9.69. The second-order valence-electron chi connectivity index (χ2n) is 3.71. The fourth-order valence-corrected chi connectivity index (χ4v) is 1.61. The Labute approximate surface area is 103 Å². The molecule has 0 saturated carbocycles. The zero-order chi connectivity index (χ0) is 13.1. The van der Waals surface area contributed by atoms with Crippen molar-refractivity contribution >= 4 is 22.8 Å². The summed E-state index contributed by atoms with van der Waals surface area (Å²) >= 11 is 0. The lowest BCUT2D eigenvalue weighted by atomic mass is 10.2. The number of ether oxygens (including phenoxy) is 1. The number of carboxylic acid groups (broad SMARTS) is 1. The van der Waals surface area contributed by atoms with Crippen LogP contribution < -0.4 is 10.1 Å². The van der Waals surface area contributed by atoms with Crippen LogP contribution in [0.4, 0.5) is 0 Å². The van der Waals surface area contributed by atoms with E-state index in [1.54, 1.807) is 31.4 Å². The Hall–Kier alpha value is -2.50. The number of methoxy groups -OCH3 is 1. The number of carboxylic acids is 1. The Morgan fingerprint density at radius 1 is 1.39 bits per heavy atom. The molecule has 18 heavy (non-hydrogen) atoms. The first-order valence-corrected chi connectivity index (χ1v) is 5.27. The molecule has 0 aliphatic heterocycles. The average Bonchev–Trinajstić information content (AvgIpc) is 2.78. The average molecular weight is 248 g/mol. The number of carbonyl (C=O) groups is 2. The lowest BCUT2D eigenvalue weighted by molar-refractivity contribution is -0.135. The predicted octanol–water partition coefficient (Wildman–Crippen LogP) is 0.991. The summed E-state index contributed by atoms with van der Waals surface area (Å²) in [7, 11) is 1.56. The summed E-state index contributed by atoms with van der Waals surface area (Å²) in [5.41, 5.74) is 1.11. The summed E-state index contributed by atoms with van der Waals surface area (Å²) < 4.78 is 5.08. The molecule has 0 aliphatic carbocycles. The Kier molecular flexibility index (Phi) is 3.18. The van der Waals surface area contributed by atoms with Gasteiger partial charge >= 0.3 is 5.97 Å². The number of H-pyrrole nitrogens is 1. The molecule has 94 valence electrons. The van der Waals surface area contributed by atoms with Crippen LogP contribution in [0.15, 0.2) is 24.3 Å². The molecule has 2 aromatic rings. The number of hydrogen-bond donors (Lipinski definition) is 3. The van der Waals surface area contributed by atoms with Gasteiger partial charge in [-0.05, 0) is 24.3 Å². The van der Waals surface area contributed by atoms with Crippen molar-refractivity contribution in [3.05, 3.63) is 30.0 Å². The number of nitrogens with one attached hydrogen (secondary N) is 2. The minimum absolute atomic E-state index is 0.319. The molecular formula is C12H12N2O4. The third-order valence-corrected chi connectivity index (χ3v) is 2.47. The van der Waals surface area contributed by atoms with Crippen LogP contribution >= 0.6 is 0 Å². The van der Waals surface area contributed by atoms with Gasteiger partial charge in [-0.3, -0.25) is 9.59 Å². The number of carbonyl (C=O) groups excluding carboxylic acids is 1.